The second-order valence-electron chi connectivity index (χ2n) is 9.13. The summed E-state index contributed by atoms with van der Waals surface area (Å²) in [6, 6.07) is 11.5. The SMILES string of the molecule is CCC(O)c1csc(NC(=O)[C@H]([C@H](C)c2ccccc2)N2C(=O)N[C@H](c3ccc4c(c3)OCCO4)C2=O)n1. The molecule has 198 valence electrons. The van der Waals surface area contributed by atoms with E-state index in [4.69, 9.17) is 9.47 Å². The lowest BCUT2D eigenvalue weighted by molar-refractivity contribution is -0.134. The average Bonchev–Trinajstić information content (AvgIpc) is 3.52. The van der Waals surface area contributed by atoms with Gasteiger partial charge in [-0.15, -0.1) is 11.3 Å². The molecular weight excluding hydrogens is 508 g/mol. The third kappa shape index (κ3) is 4.94. The Morgan fingerprint density at radius 3 is 2.66 bits per heavy atom. The quantitative estimate of drug-likeness (QED) is 0.374. The van der Waals surface area contributed by atoms with Crippen LogP contribution in [0.4, 0.5) is 9.93 Å². The Balaban J connectivity index is 1.45. The number of aromatic nitrogens is 1. The van der Waals surface area contributed by atoms with E-state index in [1.54, 1.807) is 30.5 Å². The van der Waals surface area contributed by atoms with Gasteiger partial charge in [-0.05, 0) is 29.7 Å². The summed E-state index contributed by atoms with van der Waals surface area (Å²) in [4.78, 5) is 45.9. The van der Waals surface area contributed by atoms with Crippen LogP contribution in [0, 0.1) is 0 Å². The van der Waals surface area contributed by atoms with E-state index in [2.05, 4.69) is 15.6 Å². The molecule has 2 aromatic carbocycles. The monoisotopic (exact) mass is 536 g/mol. The minimum absolute atomic E-state index is 0.276. The van der Waals surface area contributed by atoms with Crippen LogP contribution < -0.4 is 20.1 Å². The molecule has 1 fully saturated rings. The van der Waals surface area contributed by atoms with Gasteiger partial charge in [-0.3, -0.25) is 9.59 Å². The van der Waals surface area contributed by atoms with Crippen molar-refractivity contribution in [2.45, 2.75) is 44.4 Å². The van der Waals surface area contributed by atoms with Gasteiger partial charge in [0.1, 0.15) is 25.3 Å². The van der Waals surface area contributed by atoms with Crippen molar-refractivity contribution in [3.63, 3.8) is 0 Å². The highest BCUT2D eigenvalue weighted by Crippen LogP contribution is 2.36. The number of anilines is 1. The zero-order valence-electron chi connectivity index (χ0n) is 20.9. The Bertz CT molecular complexity index is 1350. The number of aliphatic hydroxyl groups is 1. The molecule has 1 saturated heterocycles. The summed E-state index contributed by atoms with van der Waals surface area (Å²) < 4.78 is 11.2. The largest absolute Gasteiger partial charge is 0.486 e. The molecule has 11 heteroatoms. The number of carbonyl (C=O) groups excluding carboxylic acids is 3. The molecule has 10 nitrogen and oxygen atoms in total. The van der Waals surface area contributed by atoms with Gasteiger partial charge in [0.15, 0.2) is 16.6 Å². The molecule has 5 rings (SSSR count). The molecule has 3 aromatic rings. The van der Waals surface area contributed by atoms with Gasteiger partial charge in [0.05, 0.1) is 11.8 Å². The molecule has 0 spiro atoms. The first-order valence-corrected chi connectivity index (χ1v) is 13.3. The molecule has 0 saturated carbocycles. The molecule has 4 amide bonds. The zero-order chi connectivity index (χ0) is 26.8. The van der Waals surface area contributed by atoms with Crippen molar-refractivity contribution in [3.8, 4) is 11.5 Å². The van der Waals surface area contributed by atoms with Crippen LogP contribution in [-0.4, -0.2) is 52.1 Å². The summed E-state index contributed by atoms with van der Waals surface area (Å²) in [7, 11) is 0. The van der Waals surface area contributed by atoms with Crippen LogP contribution in [0.25, 0.3) is 0 Å². The maximum absolute atomic E-state index is 13.7. The lowest BCUT2D eigenvalue weighted by Crippen LogP contribution is -2.50. The van der Waals surface area contributed by atoms with E-state index in [0.717, 1.165) is 10.5 Å². The second kappa shape index (κ2) is 10.8. The van der Waals surface area contributed by atoms with Gasteiger partial charge in [0.25, 0.3) is 5.91 Å². The lowest BCUT2D eigenvalue weighted by atomic mass is 9.91. The Morgan fingerprint density at radius 2 is 1.92 bits per heavy atom. The summed E-state index contributed by atoms with van der Waals surface area (Å²) in [6.07, 6.45) is -0.261. The molecule has 0 aliphatic carbocycles. The van der Waals surface area contributed by atoms with Crippen LogP contribution in [-0.2, 0) is 9.59 Å². The number of nitrogens with zero attached hydrogens (tertiary/aromatic N) is 2. The first-order chi connectivity index (χ1) is 18.4. The molecule has 3 heterocycles. The van der Waals surface area contributed by atoms with E-state index in [1.807, 2.05) is 37.3 Å². The molecule has 1 aromatic heterocycles. The van der Waals surface area contributed by atoms with Crippen molar-refractivity contribution >= 4 is 34.3 Å². The fourth-order valence-corrected chi connectivity index (χ4v) is 5.37. The minimum Gasteiger partial charge on any atom is -0.486 e. The molecular formula is C27H28N4O6S. The van der Waals surface area contributed by atoms with Crippen molar-refractivity contribution in [1.82, 2.24) is 15.2 Å². The number of aliphatic hydroxyl groups excluding tert-OH is 1. The van der Waals surface area contributed by atoms with Crippen LogP contribution in [0.15, 0.2) is 53.9 Å². The predicted octanol–water partition coefficient (Wildman–Crippen LogP) is 3.76. The smallest absolute Gasteiger partial charge is 0.325 e. The molecule has 0 radical (unpaired) electrons. The Kier molecular flexibility index (Phi) is 7.30. The van der Waals surface area contributed by atoms with Crippen LogP contribution in [0.2, 0.25) is 0 Å². The van der Waals surface area contributed by atoms with Gasteiger partial charge in [0, 0.05) is 11.3 Å². The highest BCUT2D eigenvalue weighted by molar-refractivity contribution is 7.13. The third-order valence-corrected chi connectivity index (χ3v) is 7.47. The Hall–Kier alpha value is -3.96. The average molecular weight is 537 g/mol. The second-order valence-corrected chi connectivity index (χ2v) is 9.99. The molecule has 4 atom stereocenters. The van der Waals surface area contributed by atoms with E-state index >= 15 is 0 Å². The molecule has 3 N–H and O–H groups in total. The topological polar surface area (TPSA) is 130 Å². The maximum Gasteiger partial charge on any atom is 0.325 e. The summed E-state index contributed by atoms with van der Waals surface area (Å²) in [5.41, 5.74) is 1.77. The fraction of sp³-hybridized carbons (Fsp3) is 0.333. The molecule has 38 heavy (non-hydrogen) atoms. The van der Waals surface area contributed by atoms with Crippen molar-refractivity contribution in [2.75, 3.05) is 18.5 Å². The van der Waals surface area contributed by atoms with Crippen molar-refractivity contribution in [2.24, 2.45) is 0 Å². The van der Waals surface area contributed by atoms with Crippen LogP contribution in [0.1, 0.15) is 55.2 Å². The van der Waals surface area contributed by atoms with Gasteiger partial charge in [-0.2, -0.15) is 0 Å². The number of imide groups is 1. The van der Waals surface area contributed by atoms with Gasteiger partial charge < -0.3 is 25.2 Å². The van der Waals surface area contributed by atoms with E-state index < -0.39 is 42.0 Å². The third-order valence-electron chi connectivity index (χ3n) is 6.70. The van der Waals surface area contributed by atoms with Crippen LogP contribution in [0.5, 0.6) is 11.5 Å². The summed E-state index contributed by atoms with van der Waals surface area (Å²) >= 11 is 1.17. The Labute approximate surface area is 223 Å². The van der Waals surface area contributed by atoms with E-state index in [9.17, 15) is 19.5 Å². The maximum atomic E-state index is 13.7. The highest BCUT2D eigenvalue weighted by Gasteiger charge is 2.47. The van der Waals surface area contributed by atoms with Crippen LogP contribution >= 0.6 is 11.3 Å². The minimum atomic E-state index is -1.16. The van der Waals surface area contributed by atoms with Crippen LogP contribution in [0.3, 0.4) is 0 Å². The van der Waals surface area contributed by atoms with Crippen molar-refractivity contribution in [3.05, 3.63) is 70.7 Å². The summed E-state index contributed by atoms with van der Waals surface area (Å²) in [6.45, 7) is 4.45. The van der Waals surface area contributed by atoms with Gasteiger partial charge in [-0.1, -0.05) is 50.2 Å². The molecule has 2 aliphatic heterocycles. The Morgan fingerprint density at radius 1 is 1.18 bits per heavy atom. The number of carbonyl (C=O) groups is 3. The van der Waals surface area contributed by atoms with Crippen molar-refractivity contribution < 1.29 is 29.0 Å². The van der Waals surface area contributed by atoms with Crippen molar-refractivity contribution in [1.29, 1.82) is 0 Å². The number of amides is 4. The number of hydrogen-bond donors (Lipinski definition) is 3. The normalized spacial score (nSPS) is 19.0. The molecule has 1 unspecified atom stereocenters. The first-order valence-electron chi connectivity index (χ1n) is 12.4. The molecule has 2 aliphatic rings. The highest BCUT2D eigenvalue weighted by atomic mass is 32.1. The molecule has 0 bridgehead atoms. The number of rotatable bonds is 8. The number of benzene rings is 2. The number of nitrogens with one attached hydrogen (secondary N) is 2. The number of thiazole rings is 1. The number of hydrogen-bond acceptors (Lipinski definition) is 8. The first kappa shape index (κ1) is 25.7. The van der Waals surface area contributed by atoms with E-state index in [1.165, 1.54) is 11.3 Å². The van der Waals surface area contributed by atoms with E-state index in [0.29, 0.717) is 42.4 Å². The fourth-order valence-electron chi connectivity index (χ4n) is 4.61. The number of urea groups is 1. The summed E-state index contributed by atoms with van der Waals surface area (Å²) in [5, 5.41) is 17.5. The number of ether oxygens (including phenoxy) is 2. The standard InChI is InChI=1S/C27H28N4O6S/c1-3-19(32)18-14-38-26(28-18)30-24(33)23(15(2)16-7-5-4-6-8-16)31-25(34)22(29-27(31)35)17-9-10-20-21(13-17)37-12-11-36-20/h4-10,13-15,19,22-23,32H,3,11-12H2,1-2H3,(H,29,35)(H,28,30,33)/t15-,19?,22-,23+/m1/s1. The number of fused-ring (bicyclic) bond motifs is 1. The predicted molar refractivity (Wildman–Crippen MR) is 140 cm³/mol. The van der Waals surface area contributed by atoms with Gasteiger partial charge in [-0.25, -0.2) is 14.7 Å². The zero-order valence-corrected chi connectivity index (χ0v) is 21.7. The summed E-state index contributed by atoms with van der Waals surface area (Å²) in [5.74, 6) is -0.560. The van der Waals surface area contributed by atoms with Gasteiger partial charge >= 0.3 is 6.03 Å². The van der Waals surface area contributed by atoms with Gasteiger partial charge in [0.2, 0.25) is 5.91 Å². The van der Waals surface area contributed by atoms with E-state index in [-0.39, 0.29) is 5.13 Å². The lowest BCUT2D eigenvalue weighted by Gasteiger charge is -2.29.